The molecule has 0 bridgehead atoms. The van der Waals surface area contributed by atoms with Crippen molar-refractivity contribution in [2.45, 2.75) is 71.6 Å². The van der Waals surface area contributed by atoms with Gasteiger partial charge >= 0.3 is 0 Å². The lowest BCUT2D eigenvalue weighted by Crippen LogP contribution is -1.90. The molecule has 0 heterocycles. The van der Waals surface area contributed by atoms with E-state index in [1.165, 1.54) is 44.9 Å². The van der Waals surface area contributed by atoms with Crippen molar-refractivity contribution in [1.82, 2.24) is 0 Å². The number of rotatable bonds is 11. The van der Waals surface area contributed by atoms with E-state index in [1.54, 1.807) is 12.1 Å². The molecule has 0 aliphatic heterocycles. The topological polar surface area (TPSA) is 37.3 Å². The quantitative estimate of drug-likeness (QED) is 0.430. The number of aldehydes is 1. The number of aryl methyl sites for hydroxylation is 1. The second-order valence-electron chi connectivity index (χ2n) is 6.42. The number of unbranched alkanes of at least 4 members (excludes halogenated alkanes) is 6. The van der Waals surface area contributed by atoms with E-state index >= 15 is 0 Å². The van der Waals surface area contributed by atoms with Crippen LogP contribution in [-0.2, 0) is 6.42 Å². The molecule has 118 valence electrons. The van der Waals surface area contributed by atoms with Crippen molar-refractivity contribution in [3.8, 4) is 5.75 Å². The van der Waals surface area contributed by atoms with Crippen molar-refractivity contribution in [3.05, 3.63) is 29.3 Å². The standard InChI is InChI=1S/C19H30O2/c1-16(2)10-8-6-4-3-5-7-9-11-17-12-13-19(21)18(14-17)15-20/h12-16,21H,3-11H2,1-2H3. The van der Waals surface area contributed by atoms with Gasteiger partial charge in [0.25, 0.3) is 0 Å². The zero-order valence-electron chi connectivity index (χ0n) is 13.6. The summed E-state index contributed by atoms with van der Waals surface area (Å²) in [5, 5.41) is 9.45. The normalized spacial score (nSPS) is 11.0. The van der Waals surface area contributed by atoms with Gasteiger partial charge in [0.1, 0.15) is 5.75 Å². The van der Waals surface area contributed by atoms with Crippen molar-refractivity contribution in [3.63, 3.8) is 0 Å². The Bertz CT molecular complexity index is 410. The van der Waals surface area contributed by atoms with E-state index in [2.05, 4.69) is 13.8 Å². The summed E-state index contributed by atoms with van der Waals surface area (Å²) in [4.78, 5) is 10.8. The molecule has 0 saturated carbocycles. The van der Waals surface area contributed by atoms with Crippen LogP contribution in [0, 0.1) is 5.92 Å². The molecule has 0 aliphatic carbocycles. The van der Waals surface area contributed by atoms with Gasteiger partial charge in [-0.15, -0.1) is 0 Å². The van der Waals surface area contributed by atoms with E-state index in [0.717, 1.165) is 30.6 Å². The minimum Gasteiger partial charge on any atom is -0.507 e. The van der Waals surface area contributed by atoms with E-state index in [9.17, 15) is 9.90 Å². The molecule has 1 rings (SSSR count). The third kappa shape index (κ3) is 7.89. The van der Waals surface area contributed by atoms with Crippen LogP contribution in [0.25, 0.3) is 0 Å². The average molecular weight is 290 g/mol. The highest BCUT2D eigenvalue weighted by molar-refractivity contribution is 5.79. The Morgan fingerprint density at radius 1 is 1.00 bits per heavy atom. The van der Waals surface area contributed by atoms with Gasteiger partial charge in [0.05, 0.1) is 5.56 Å². The van der Waals surface area contributed by atoms with Crippen LogP contribution in [0.1, 0.15) is 81.1 Å². The molecule has 0 aromatic heterocycles. The Labute approximate surface area is 129 Å². The van der Waals surface area contributed by atoms with Crippen LogP contribution >= 0.6 is 0 Å². The first-order valence-electron chi connectivity index (χ1n) is 8.40. The number of carbonyl (C=O) groups excluding carboxylic acids is 1. The van der Waals surface area contributed by atoms with Gasteiger partial charge in [-0.05, 0) is 36.5 Å². The first kappa shape index (κ1) is 17.7. The number of carbonyl (C=O) groups is 1. The number of phenolic OH excluding ortho intramolecular Hbond substituents is 1. The van der Waals surface area contributed by atoms with Crippen molar-refractivity contribution >= 4 is 6.29 Å². The molecule has 0 fully saturated rings. The zero-order valence-corrected chi connectivity index (χ0v) is 13.6. The molecule has 1 aromatic carbocycles. The van der Waals surface area contributed by atoms with Gasteiger partial charge in [-0.3, -0.25) is 4.79 Å². The van der Waals surface area contributed by atoms with Crippen LogP contribution < -0.4 is 0 Å². The van der Waals surface area contributed by atoms with Gasteiger partial charge in [0, 0.05) is 0 Å². The van der Waals surface area contributed by atoms with Crippen molar-refractivity contribution < 1.29 is 9.90 Å². The van der Waals surface area contributed by atoms with Crippen molar-refractivity contribution in [2.75, 3.05) is 0 Å². The summed E-state index contributed by atoms with van der Waals surface area (Å²) in [5.41, 5.74) is 1.55. The zero-order chi connectivity index (χ0) is 15.5. The van der Waals surface area contributed by atoms with Gasteiger partial charge in [0.2, 0.25) is 0 Å². The van der Waals surface area contributed by atoms with E-state index < -0.39 is 0 Å². The number of aromatic hydroxyl groups is 1. The lowest BCUT2D eigenvalue weighted by molar-refractivity contribution is 0.112. The highest BCUT2D eigenvalue weighted by Crippen LogP contribution is 2.18. The summed E-state index contributed by atoms with van der Waals surface area (Å²) >= 11 is 0. The molecule has 1 N–H and O–H groups in total. The highest BCUT2D eigenvalue weighted by Gasteiger charge is 2.01. The van der Waals surface area contributed by atoms with Crippen LogP contribution in [0.5, 0.6) is 5.75 Å². The molecule has 0 spiro atoms. The van der Waals surface area contributed by atoms with E-state index in [1.807, 2.05) is 6.07 Å². The number of hydrogen-bond acceptors (Lipinski definition) is 2. The fraction of sp³-hybridized carbons (Fsp3) is 0.632. The molecule has 21 heavy (non-hydrogen) atoms. The molecule has 1 aromatic rings. The Hall–Kier alpha value is -1.31. The summed E-state index contributed by atoms with van der Waals surface area (Å²) in [6.07, 6.45) is 12.2. The predicted molar refractivity (Wildman–Crippen MR) is 89.0 cm³/mol. The van der Waals surface area contributed by atoms with Crippen LogP contribution in [-0.4, -0.2) is 11.4 Å². The molecule has 0 saturated heterocycles. The van der Waals surface area contributed by atoms with Gasteiger partial charge in [-0.25, -0.2) is 0 Å². The largest absolute Gasteiger partial charge is 0.507 e. The number of hydrogen-bond donors (Lipinski definition) is 1. The van der Waals surface area contributed by atoms with Crippen molar-refractivity contribution in [2.24, 2.45) is 5.92 Å². The lowest BCUT2D eigenvalue weighted by Gasteiger charge is -2.05. The summed E-state index contributed by atoms with van der Waals surface area (Å²) < 4.78 is 0. The number of benzene rings is 1. The maximum Gasteiger partial charge on any atom is 0.153 e. The van der Waals surface area contributed by atoms with Crippen LogP contribution in [0.15, 0.2) is 18.2 Å². The van der Waals surface area contributed by atoms with Gasteiger partial charge in [0.15, 0.2) is 6.29 Å². The molecule has 2 nitrogen and oxygen atoms in total. The molecule has 0 radical (unpaired) electrons. The Morgan fingerprint density at radius 2 is 1.62 bits per heavy atom. The second kappa shape index (κ2) is 10.4. The number of phenols is 1. The maximum atomic E-state index is 10.8. The monoisotopic (exact) mass is 290 g/mol. The smallest absolute Gasteiger partial charge is 0.153 e. The van der Waals surface area contributed by atoms with Crippen LogP contribution in [0.4, 0.5) is 0 Å². The molecule has 0 atom stereocenters. The molecular formula is C19H30O2. The Morgan fingerprint density at radius 3 is 2.24 bits per heavy atom. The second-order valence-corrected chi connectivity index (χ2v) is 6.42. The first-order valence-corrected chi connectivity index (χ1v) is 8.40. The minimum absolute atomic E-state index is 0.0788. The average Bonchev–Trinajstić information content (AvgIpc) is 2.46. The summed E-state index contributed by atoms with van der Waals surface area (Å²) in [6, 6.07) is 5.33. The predicted octanol–water partition coefficient (Wildman–Crippen LogP) is 5.52. The van der Waals surface area contributed by atoms with Gasteiger partial charge < -0.3 is 5.11 Å². The molecule has 0 aliphatic rings. The fourth-order valence-electron chi connectivity index (χ4n) is 2.62. The summed E-state index contributed by atoms with van der Waals surface area (Å²) in [5.74, 6) is 0.918. The fourth-order valence-corrected chi connectivity index (χ4v) is 2.62. The first-order chi connectivity index (χ1) is 10.1. The van der Waals surface area contributed by atoms with Crippen LogP contribution in [0.2, 0.25) is 0 Å². The highest BCUT2D eigenvalue weighted by atomic mass is 16.3. The minimum atomic E-state index is 0.0788. The third-order valence-electron chi connectivity index (χ3n) is 3.97. The third-order valence-corrected chi connectivity index (χ3v) is 3.97. The van der Waals surface area contributed by atoms with Gasteiger partial charge in [-0.2, -0.15) is 0 Å². The Kier molecular flexibility index (Phi) is 8.80. The lowest BCUT2D eigenvalue weighted by atomic mass is 10.0. The molecule has 2 heteroatoms. The van der Waals surface area contributed by atoms with Gasteiger partial charge in [-0.1, -0.05) is 64.9 Å². The molecule has 0 amide bonds. The van der Waals surface area contributed by atoms with E-state index in [0.29, 0.717) is 5.56 Å². The summed E-state index contributed by atoms with van der Waals surface area (Å²) in [6.45, 7) is 4.58. The Balaban J connectivity index is 2.05. The molecule has 0 unspecified atom stereocenters. The molecular weight excluding hydrogens is 260 g/mol. The van der Waals surface area contributed by atoms with Crippen LogP contribution in [0.3, 0.4) is 0 Å². The van der Waals surface area contributed by atoms with Crippen molar-refractivity contribution in [1.29, 1.82) is 0 Å². The van der Waals surface area contributed by atoms with E-state index in [4.69, 9.17) is 0 Å². The van der Waals surface area contributed by atoms with E-state index in [-0.39, 0.29) is 5.75 Å². The summed E-state index contributed by atoms with van der Waals surface area (Å²) in [7, 11) is 0. The SMILES string of the molecule is CC(C)CCCCCCCCCc1ccc(O)c(C=O)c1. The maximum absolute atomic E-state index is 10.8.